The third-order valence-corrected chi connectivity index (χ3v) is 4.81. The lowest BCUT2D eigenvalue weighted by molar-refractivity contribution is -0.384. The smallest absolute Gasteiger partial charge is 0.258 e. The van der Waals surface area contributed by atoms with Gasteiger partial charge in [-0.2, -0.15) is 18.4 Å². The van der Waals surface area contributed by atoms with Crippen molar-refractivity contribution in [2.75, 3.05) is 0 Å². The molecule has 0 aromatic heterocycles. The second-order valence-electron chi connectivity index (χ2n) is 5.36. The number of aryl methyl sites for hydroxylation is 2. The molecule has 0 amide bonds. The highest BCUT2D eigenvalue weighted by atomic mass is 32.2. The van der Waals surface area contributed by atoms with Gasteiger partial charge in [-0.15, -0.1) is 0 Å². The molecule has 2 rings (SSSR count). The summed E-state index contributed by atoms with van der Waals surface area (Å²) in [5, 5.41) is 14.5. The Morgan fingerprint density at radius 1 is 1.12 bits per heavy atom. The van der Waals surface area contributed by atoms with Crippen LogP contribution in [0, 0.1) is 24.0 Å². The first-order valence-electron chi connectivity index (χ1n) is 7.09. The fourth-order valence-corrected chi connectivity index (χ4v) is 3.25. The van der Waals surface area contributed by atoms with E-state index < -0.39 is 14.9 Å². The third-order valence-electron chi connectivity index (χ3n) is 3.46. The summed E-state index contributed by atoms with van der Waals surface area (Å²) < 4.78 is 24.8. The molecule has 0 bridgehead atoms. The molecule has 1 N–H and O–H groups in total. The number of nitro groups is 1. The number of sulfonamides is 1. The lowest BCUT2D eigenvalue weighted by Gasteiger charge is -2.09. The average Bonchev–Trinajstić information content (AvgIpc) is 2.55. The fraction of sp³-hybridized carbons (Fsp3) is 0.188. The highest BCUT2D eigenvalue weighted by molar-refractivity contribution is 7.89. The van der Waals surface area contributed by atoms with Gasteiger partial charge in [-0.05, 0) is 55.7 Å². The highest BCUT2D eigenvalue weighted by Gasteiger charge is 2.16. The molecule has 2 aromatic rings. The quantitative estimate of drug-likeness (QED) is 0.510. The second-order valence-corrected chi connectivity index (χ2v) is 6.99. The summed E-state index contributed by atoms with van der Waals surface area (Å²) in [7, 11) is -3.78. The number of rotatable bonds is 5. The van der Waals surface area contributed by atoms with Crippen molar-refractivity contribution in [1.82, 2.24) is 4.83 Å². The molecule has 0 radical (unpaired) electrons. The first kappa shape index (κ1) is 17.6. The van der Waals surface area contributed by atoms with Crippen LogP contribution in [0.15, 0.2) is 52.5 Å². The van der Waals surface area contributed by atoms with Crippen molar-refractivity contribution >= 4 is 21.4 Å². The maximum absolute atomic E-state index is 12.4. The van der Waals surface area contributed by atoms with E-state index in [0.717, 1.165) is 5.56 Å². The number of hydrogen-bond acceptors (Lipinski definition) is 5. The lowest BCUT2D eigenvalue weighted by Crippen LogP contribution is -2.21. The summed E-state index contributed by atoms with van der Waals surface area (Å²) in [5.74, 6) is 0. The SMILES string of the molecule is C/C(=N/NS(=O)(=O)c1cc(C)ccc1C)c1ccc([N+](=O)[O-])cc1. The Bertz CT molecular complexity index is 903. The molecule has 0 fully saturated rings. The van der Waals surface area contributed by atoms with Crippen LogP contribution in [-0.2, 0) is 10.0 Å². The van der Waals surface area contributed by atoms with E-state index in [2.05, 4.69) is 9.93 Å². The Hall–Kier alpha value is -2.74. The van der Waals surface area contributed by atoms with E-state index in [-0.39, 0.29) is 10.6 Å². The van der Waals surface area contributed by atoms with Gasteiger partial charge >= 0.3 is 0 Å². The van der Waals surface area contributed by atoms with Crippen molar-refractivity contribution in [3.8, 4) is 0 Å². The highest BCUT2D eigenvalue weighted by Crippen LogP contribution is 2.17. The number of hydrogen-bond donors (Lipinski definition) is 1. The van der Waals surface area contributed by atoms with Crippen LogP contribution in [-0.4, -0.2) is 19.1 Å². The molecule has 126 valence electrons. The van der Waals surface area contributed by atoms with Crippen molar-refractivity contribution in [2.24, 2.45) is 5.10 Å². The Balaban J connectivity index is 2.25. The molecule has 0 unspecified atom stereocenters. The molecule has 0 aliphatic heterocycles. The Kier molecular flexibility index (Phi) is 4.99. The van der Waals surface area contributed by atoms with E-state index in [0.29, 0.717) is 16.8 Å². The molecule has 0 saturated heterocycles. The molecule has 0 aliphatic carbocycles. The molecule has 24 heavy (non-hydrogen) atoms. The number of benzene rings is 2. The molecular weight excluding hydrogens is 330 g/mol. The maximum Gasteiger partial charge on any atom is 0.276 e. The van der Waals surface area contributed by atoms with Crippen LogP contribution in [0.1, 0.15) is 23.6 Å². The van der Waals surface area contributed by atoms with E-state index >= 15 is 0 Å². The number of nitro benzene ring substituents is 1. The predicted molar refractivity (Wildman–Crippen MR) is 91.5 cm³/mol. The largest absolute Gasteiger partial charge is 0.276 e. The van der Waals surface area contributed by atoms with Gasteiger partial charge < -0.3 is 0 Å². The van der Waals surface area contributed by atoms with Gasteiger partial charge in [0, 0.05) is 12.1 Å². The molecule has 8 heteroatoms. The summed E-state index contributed by atoms with van der Waals surface area (Å²) in [6.07, 6.45) is 0. The summed E-state index contributed by atoms with van der Waals surface area (Å²) in [5.41, 5.74) is 2.40. The van der Waals surface area contributed by atoms with Crippen molar-refractivity contribution in [1.29, 1.82) is 0 Å². The van der Waals surface area contributed by atoms with Crippen LogP contribution in [0.5, 0.6) is 0 Å². The number of hydrazone groups is 1. The second kappa shape index (κ2) is 6.79. The van der Waals surface area contributed by atoms with Crippen LogP contribution in [0.25, 0.3) is 0 Å². The Labute approximate surface area is 140 Å². The zero-order valence-electron chi connectivity index (χ0n) is 13.5. The molecule has 0 heterocycles. The number of nitrogens with zero attached hydrogens (tertiary/aromatic N) is 2. The van der Waals surface area contributed by atoms with Gasteiger partial charge in [0.1, 0.15) is 0 Å². The van der Waals surface area contributed by atoms with Crippen LogP contribution in [0.2, 0.25) is 0 Å². The Morgan fingerprint density at radius 3 is 2.33 bits per heavy atom. The van der Waals surface area contributed by atoms with E-state index in [1.807, 2.05) is 13.0 Å². The maximum atomic E-state index is 12.4. The van der Waals surface area contributed by atoms with E-state index in [4.69, 9.17) is 0 Å². The minimum absolute atomic E-state index is 0.0393. The first-order chi connectivity index (χ1) is 11.2. The monoisotopic (exact) mass is 347 g/mol. The van der Waals surface area contributed by atoms with E-state index in [1.165, 1.54) is 24.3 Å². The van der Waals surface area contributed by atoms with Crippen LogP contribution in [0.4, 0.5) is 5.69 Å². The normalized spacial score (nSPS) is 12.0. The average molecular weight is 347 g/mol. The lowest BCUT2D eigenvalue weighted by atomic mass is 10.1. The van der Waals surface area contributed by atoms with Crippen molar-refractivity contribution in [3.05, 3.63) is 69.3 Å². The van der Waals surface area contributed by atoms with Crippen LogP contribution >= 0.6 is 0 Å². The fourth-order valence-electron chi connectivity index (χ4n) is 2.06. The minimum atomic E-state index is -3.78. The van der Waals surface area contributed by atoms with Crippen LogP contribution in [0.3, 0.4) is 0 Å². The van der Waals surface area contributed by atoms with Gasteiger partial charge in [-0.25, -0.2) is 0 Å². The Morgan fingerprint density at radius 2 is 1.75 bits per heavy atom. The van der Waals surface area contributed by atoms with E-state index in [1.54, 1.807) is 26.0 Å². The van der Waals surface area contributed by atoms with Gasteiger partial charge in [0.15, 0.2) is 0 Å². The van der Waals surface area contributed by atoms with Crippen molar-refractivity contribution in [2.45, 2.75) is 25.7 Å². The van der Waals surface area contributed by atoms with Gasteiger partial charge in [0.05, 0.1) is 15.5 Å². The van der Waals surface area contributed by atoms with Gasteiger partial charge in [-0.3, -0.25) is 10.1 Å². The standard InChI is InChI=1S/C16H17N3O4S/c1-11-4-5-12(2)16(10-11)24(22,23)18-17-13(3)14-6-8-15(9-7-14)19(20)21/h4-10,18H,1-3H3/b17-13-. The summed E-state index contributed by atoms with van der Waals surface area (Å²) in [6, 6.07) is 10.9. The van der Waals surface area contributed by atoms with Gasteiger partial charge in [-0.1, -0.05) is 12.1 Å². The predicted octanol–water partition coefficient (Wildman–Crippen LogP) is 2.91. The topological polar surface area (TPSA) is 102 Å². The molecule has 0 aliphatic rings. The summed E-state index contributed by atoms with van der Waals surface area (Å²) in [6.45, 7) is 5.14. The molecular formula is C16H17N3O4S. The van der Waals surface area contributed by atoms with Crippen LogP contribution < -0.4 is 4.83 Å². The molecule has 7 nitrogen and oxygen atoms in total. The number of non-ortho nitro benzene ring substituents is 1. The molecule has 0 spiro atoms. The zero-order valence-corrected chi connectivity index (χ0v) is 14.3. The number of nitrogens with one attached hydrogen (secondary N) is 1. The van der Waals surface area contributed by atoms with Crippen molar-refractivity contribution < 1.29 is 13.3 Å². The molecule has 0 saturated carbocycles. The van der Waals surface area contributed by atoms with Crippen molar-refractivity contribution in [3.63, 3.8) is 0 Å². The first-order valence-corrected chi connectivity index (χ1v) is 8.57. The summed E-state index contributed by atoms with van der Waals surface area (Å²) >= 11 is 0. The van der Waals surface area contributed by atoms with Gasteiger partial charge in [0.25, 0.3) is 15.7 Å². The zero-order chi connectivity index (χ0) is 17.9. The van der Waals surface area contributed by atoms with E-state index in [9.17, 15) is 18.5 Å². The molecule has 0 atom stereocenters. The molecule has 2 aromatic carbocycles. The third kappa shape index (κ3) is 3.96. The van der Waals surface area contributed by atoms with Gasteiger partial charge in [0.2, 0.25) is 0 Å². The minimum Gasteiger partial charge on any atom is -0.258 e. The summed E-state index contributed by atoms with van der Waals surface area (Å²) in [4.78, 5) is 12.5.